The molecule has 28 heavy (non-hydrogen) atoms. The predicted molar refractivity (Wildman–Crippen MR) is 87.2 cm³/mol. The number of carbonyl (C=O) groups is 4. The molecule has 10 N–H and O–H groups in total. The predicted octanol–water partition coefficient (Wildman–Crippen LogP) is -3.72. The van der Waals surface area contributed by atoms with Gasteiger partial charge in [-0.25, -0.2) is 19.2 Å². The van der Waals surface area contributed by atoms with Crippen LogP contribution in [0.5, 0.6) is 0 Å². The molecule has 5 atom stereocenters. The molecule has 5 unspecified atom stereocenters. The van der Waals surface area contributed by atoms with Crippen molar-refractivity contribution in [3.63, 3.8) is 0 Å². The van der Waals surface area contributed by atoms with Crippen LogP contribution in [0.25, 0.3) is 0 Å². The average molecular weight is 418 g/mol. The van der Waals surface area contributed by atoms with Crippen molar-refractivity contribution in [2.45, 2.75) is 56.7 Å². The molecule has 0 aliphatic carbocycles. The smallest absolute Gasteiger partial charge is 0.335 e. The van der Waals surface area contributed by atoms with Crippen LogP contribution in [-0.2, 0) is 19.2 Å². The van der Waals surface area contributed by atoms with Crippen LogP contribution in [0.3, 0.4) is 0 Å². The maximum absolute atomic E-state index is 9.77. The Kier molecular flexibility index (Phi) is 18.2. The minimum atomic E-state index is -2.27. The second-order valence-electron chi connectivity index (χ2n) is 5.20. The normalized spacial score (nSPS) is 15.2. The molecule has 0 aliphatic rings. The molecule has 0 aromatic heterocycles. The molecule has 14 heteroatoms. The summed E-state index contributed by atoms with van der Waals surface area (Å²) in [5.74, 6) is -7.07. The molecule has 0 bridgehead atoms. The molecular formula is C14H26O14. The van der Waals surface area contributed by atoms with Gasteiger partial charge in [0.05, 0.1) is 6.10 Å². The second-order valence-corrected chi connectivity index (χ2v) is 5.20. The molecule has 0 saturated carbocycles. The number of hydrogen-bond acceptors (Lipinski definition) is 10. The van der Waals surface area contributed by atoms with Gasteiger partial charge in [-0.2, -0.15) is 0 Å². The fourth-order valence-electron chi connectivity index (χ4n) is 1.09. The van der Waals surface area contributed by atoms with Crippen LogP contribution < -0.4 is 0 Å². The van der Waals surface area contributed by atoms with Crippen LogP contribution in [0.4, 0.5) is 0 Å². The Morgan fingerprint density at radius 3 is 1.00 bits per heavy atom. The molecule has 0 aromatic rings. The van der Waals surface area contributed by atoms with Gasteiger partial charge < -0.3 is 51.1 Å². The summed E-state index contributed by atoms with van der Waals surface area (Å²) < 4.78 is 0. The summed E-state index contributed by atoms with van der Waals surface area (Å²) >= 11 is 0. The van der Waals surface area contributed by atoms with Crippen molar-refractivity contribution in [3.8, 4) is 0 Å². The van der Waals surface area contributed by atoms with Gasteiger partial charge in [0.1, 0.15) is 0 Å². The molecule has 0 fully saturated rings. The van der Waals surface area contributed by atoms with Crippen molar-refractivity contribution >= 4 is 23.9 Å². The van der Waals surface area contributed by atoms with E-state index >= 15 is 0 Å². The van der Waals surface area contributed by atoms with E-state index in [-0.39, 0.29) is 12.7 Å². The van der Waals surface area contributed by atoms with Crippen LogP contribution in [0.1, 0.15) is 26.2 Å². The van der Waals surface area contributed by atoms with Gasteiger partial charge in [-0.1, -0.05) is 0 Å². The largest absolute Gasteiger partial charge is 0.479 e. The van der Waals surface area contributed by atoms with E-state index in [2.05, 4.69) is 0 Å². The first-order valence-corrected chi connectivity index (χ1v) is 7.63. The summed E-state index contributed by atoms with van der Waals surface area (Å²) in [4.78, 5) is 39.1. The lowest BCUT2D eigenvalue weighted by Crippen LogP contribution is -2.39. The minimum Gasteiger partial charge on any atom is -0.479 e. The van der Waals surface area contributed by atoms with E-state index in [0.717, 1.165) is 19.3 Å². The van der Waals surface area contributed by atoms with Crippen LogP contribution in [0, 0.1) is 0 Å². The van der Waals surface area contributed by atoms with Gasteiger partial charge in [-0.15, -0.1) is 0 Å². The quantitative estimate of drug-likeness (QED) is 0.153. The maximum atomic E-state index is 9.77. The van der Waals surface area contributed by atoms with Crippen LogP contribution in [0.2, 0.25) is 0 Å². The lowest BCUT2D eigenvalue weighted by Gasteiger charge is -2.07. The number of aliphatic hydroxyl groups is 6. The molecular weight excluding hydrogens is 392 g/mol. The Bertz CT molecular complexity index is 405. The minimum absolute atomic E-state index is 0.207. The average Bonchev–Trinajstić information content (AvgIpc) is 2.59. The third-order valence-corrected chi connectivity index (χ3v) is 2.64. The molecule has 0 radical (unpaired) electrons. The molecule has 0 rings (SSSR count). The SMILES string of the molecule is CC(O)CCCCO.O=C(O)C(O)C(O)C(=O)O.O=C(O)C(O)C(O)C(=O)O. The van der Waals surface area contributed by atoms with Crippen molar-refractivity contribution in [1.82, 2.24) is 0 Å². The van der Waals surface area contributed by atoms with Crippen LogP contribution >= 0.6 is 0 Å². The van der Waals surface area contributed by atoms with Gasteiger partial charge >= 0.3 is 23.9 Å². The van der Waals surface area contributed by atoms with Crippen molar-refractivity contribution in [2.24, 2.45) is 0 Å². The topological polar surface area (TPSA) is 271 Å². The number of unbranched alkanes of at least 4 members (excludes halogenated alkanes) is 1. The highest BCUT2D eigenvalue weighted by molar-refractivity contribution is 5.83. The third-order valence-electron chi connectivity index (χ3n) is 2.64. The number of aliphatic carboxylic acids is 4. The Balaban J connectivity index is -0.000000337. The van der Waals surface area contributed by atoms with E-state index in [1.54, 1.807) is 6.92 Å². The summed E-state index contributed by atoms with van der Waals surface area (Å²) in [7, 11) is 0. The fraction of sp³-hybridized carbons (Fsp3) is 0.714. The standard InChI is InChI=1S/C6H14O2.2C4H6O6/c1-6(8)4-2-3-5-7;2*5-1(3(7)8)2(6)4(9)10/h6-8H,2-5H2,1H3;2*1-2,5-6H,(H,7,8)(H,9,10). The summed E-state index contributed by atoms with van der Waals surface area (Å²) in [5.41, 5.74) is 0. The third kappa shape index (κ3) is 17.1. The van der Waals surface area contributed by atoms with E-state index in [9.17, 15) is 19.2 Å². The van der Waals surface area contributed by atoms with Gasteiger partial charge in [0.25, 0.3) is 0 Å². The first kappa shape index (κ1) is 30.4. The van der Waals surface area contributed by atoms with Crippen LogP contribution in [-0.4, -0.2) is 112 Å². The van der Waals surface area contributed by atoms with Gasteiger partial charge in [0.2, 0.25) is 0 Å². The first-order valence-electron chi connectivity index (χ1n) is 7.63. The van der Waals surface area contributed by atoms with E-state index < -0.39 is 48.3 Å². The first-order chi connectivity index (χ1) is 12.7. The molecule has 0 heterocycles. The highest BCUT2D eigenvalue weighted by Gasteiger charge is 2.30. The number of rotatable bonds is 10. The Labute approximate surface area is 158 Å². The van der Waals surface area contributed by atoms with E-state index in [4.69, 9.17) is 51.1 Å². The van der Waals surface area contributed by atoms with Crippen molar-refractivity contribution < 1.29 is 70.2 Å². The molecule has 0 spiro atoms. The Morgan fingerprint density at radius 2 is 0.857 bits per heavy atom. The van der Waals surface area contributed by atoms with Gasteiger partial charge in [-0.3, -0.25) is 0 Å². The van der Waals surface area contributed by atoms with Gasteiger partial charge in [0.15, 0.2) is 24.4 Å². The molecule has 0 saturated heterocycles. The van der Waals surface area contributed by atoms with Crippen molar-refractivity contribution in [1.29, 1.82) is 0 Å². The number of aliphatic hydroxyl groups excluding tert-OH is 6. The summed E-state index contributed by atoms with van der Waals surface area (Å²) in [6.07, 6.45) is -6.73. The lowest BCUT2D eigenvalue weighted by atomic mass is 10.2. The van der Waals surface area contributed by atoms with E-state index in [0.29, 0.717) is 0 Å². The Morgan fingerprint density at radius 1 is 0.607 bits per heavy atom. The zero-order chi connectivity index (χ0) is 23.0. The highest BCUT2D eigenvalue weighted by Crippen LogP contribution is 1.97. The summed E-state index contributed by atoms with van der Waals surface area (Å²) in [5, 5.41) is 82.0. The molecule has 0 aliphatic heterocycles. The molecule has 0 aromatic carbocycles. The number of carboxylic acid groups (broad SMARTS) is 4. The zero-order valence-electron chi connectivity index (χ0n) is 14.8. The zero-order valence-corrected chi connectivity index (χ0v) is 14.8. The Hall–Kier alpha value is -2.36. The number of hydrogen-bond donors (Lipinski definition) is 10. The molecule has 166 valence electrons. The van der Waals surface area contributed by atoms with Gasteiger partial charge in [0, 0.05) is 6.61 Å². The molecule has 14 nitrogen and oxygen atoms in total. The van der Waals surface area contributed by atoms with E-state index in [1.807, 2.05) is 0 Å². The highest BCUT2D eigenvalue weighted by atomic mass is 16.4. The summed E-state index contributed by atoms with van der Waals surface area (Å²) in [6, 6.07) is 0. The number of carboxylic acids is 4. The van der Waals surface area contributed by atoms with Crippen molar-refractivity contribution in [2.75, 3.05) is 6.61 Å². The summed E-state index contributed by atoms with van der Waals surface area (Å²) in [6.45, 7) is 2.00. The van der Waals surface area contributed by atoms with Gasteiger partial charge in [-0.05, 0) is 26.2 Å². The fourth-order valence-corrected chi connectivity index (χ4v) is 1.09. The lowest BCUT2D eigenvalue weighted by molar-refractivity contribution is -0.165. The second kappa shape index (κ2) is 16.8. The monoisotopic (exact) mass is 418 g/mol. The van der Waals surface area contributed by atoms with Crippen LogP contribution in [0.15, 0.2) is 0 Å². The van der Waals surface area contributed by atoms with E-state index in [1.165, 1.54) is 0 Å². The maximum Gasteiger partial charge on any atom is 0.335 e. The van der Waals surface area contributed by atoms with Crippen molar-refractivity contribution in [3.05, 3.63) is 0 Å². The molecule has 0 amide bonds.